The fourth-order valence-electron chi connectivity index (χ4n) is 2.90. The van der Waals surface area contributed by atoms with Crippen molar-refractivity contribution in [1.29, 1.82) is 0 Å². The molecule has 2 heterocycles. The molecule has 0 N–H and O–H groups in total. The number of aryl methyl sites for hydroxylation is 1. The molecule has 3 aromatic rings. The largest absolute Gasteiger partial charge is 0.343 e. The van der Waals surface area contributed by atoms with Gasteiger partial charge >= 0.3 is 0 Å². The Labute approximate surface area is 110 Å². The molecule has 0 radical (unpaired) electrons. The van der Waals surface area contributed by atoms with Gasteiger partial charge in [0.15, 0.2) is 0 Å². The summed E-state index contributed by atoms with van der Waals surface area (Å²) in [5.74, 6) is 1.08. The van der Waals surface area contributed by atoms with Crippen LogP contribution >= 0.6 is 11.8 Å². The minimum absolute atomic E-state index is 1.08. The Kier molecular flexibility index (Phi) is 2.09. The number of nitrogens with zero attached hydrogens (tertiary/aromatic N) is 1. The van der Waals surface area contributed by atoms with Crippen LogP contribution in [0.5, 0.6) is 0 Å². The number of aromatic nitrogens is 1. The van der Waals surface area contributed by atoms with Crippen molar-refractivity contribution in [2.45, 2.75) is 10.6 Å². The number of hydrogen-bond acceptors (Lipinski definition) is 1. The highest BCUT2D eigenvalue weighted by atomic mass is 32.2. The molecule has 0 fully saturated rings. The summed E-state index contributed by atoms with van der Waals surface area (Å²) in [6.07, 6.45) is 0. The van der Waals surface area contributed by atoms with E-state index in [-0.39, 0.29) is 0 Å². The van der Waals surface area contributed by atoms with Crippen LogP contribution in [0.4, 0.5) is 0 Å². The smallest absolute Gasteiger partial charge is 0.0541 e. The normalized spacial score (nSPS) is 13.4. The maximum Gasteiger partial charge on any atom is 0.0541 e. The van der Waals surface area contributed by atoms with E-state index in [4.69, 9.17) is 0 Å². The summed E-state index contributed by atoms with van der Waals surface area (Å²) in [5, 5.41) is 1.40. The monoisotopic (exact) mass is 251 g/mol. The molecular formula is C16H13NS. The number of thioether (sulfide) groups is 1. The molecule has 1 aliphatic heterocycles. The molecule has 2 heteroatoms. The van der Waals surface area contributed by atoms with E-state index in [1.165, 1.54) is 32.6 Å². The third-order valence-corrected chi connectivity index (χ3v) is 4.83. The van der Waals surface area contributed by atoms with E-state index in [2.05, 4.69) is 60.1 Å². The van der Waals surface area contributed by atoms with Crippen LogP contribution in [-0.2, 0) is 12.8 Å². The summed E-state index contributed by atoms with van der Waals surface area (Å²) in [6.45, 7) is 0. The minimum Gasteiger partial charge on any atom is -0.343 e. The van der Waals surface area contributed by atoms with Crippen molar-refractivity contribution in [2.24, 2.45) is 7.05 Å². The van der Waals surface area contributed by atoms with Gasteiger partial charge in [0.1, 0.15) is 0 Å². The van der Waals surface area contributed by atoms with Gasteiger partial charge in [-0.25, -0.2) is 0 Å². The number of benzene rings is 2. The highest BCUT2D eigenvalue weighted by molar-refractivity contribution is 7.98. The highest BCUT2D eigenvalue weighted by Crippen LogP contribution is 2.45. The van der Waals surface area contributed by atoms with Gasteiger partial charge in [-0.1, -0.05) is 36.4 Å². The van der Waals surface area contributed by atoms with Crippen LogP contribution in [0.1, 0.15) is 5.56 Å². The first-order valence-electron chi connectivity index (χ1n) is 6.15. The molecule has 88 valence electrons. The Hall–Kier alpha value is -1.67. The number of hydrogen-bond donors (Lipinski definition) is 0. The standard InChI is InChI=1S/C16H13NS/c1-17-14-8-4-2-6-11(14)13-10-18-15-9-5-3-7-12(15)16(13)17/h2-9H,10H2,1H3. The average Bonchev–Trinajstić information content (AvgIpc) is 2.73. The van der Waals surface area contributed by atoms with E-state index in [9.17, 15) is 0 Å². The van der Waals surface area contributed by atoms with Crippen LogP contribution in [0.2, 0.25) is 0 Å². The van der Waals surface area contributed by atoms with Crippen LogP contribution in [0, 0.1) is 0 Å². The second-order valence-corrected chi connectivity index (χ2v) is 5.71. The third kappa shape index (κ3) is 1.24. The Morgan fingerprint density at radius 1 is 1.00 bits per heavy atom. The summed E-state index contributed by atoms with van der Waals surface area (Å²) < 4.78 is 2.34. The fourth-order valence-corrected chi connectivity index (χ4v) is 3.99. The summed E-state index contributed by atoms with van der Waals surface area (Å²) in [7, 11) is 2.17. The number of para-hydroxylation sites is 1. The molecular weight excluding hydrogens is 238 g/mol. The lowest BCUT2D eigenvalue weighted by molar-refractivity contribution is 0.966. The molecule has 0 spiro atoms. The van der Waals surface area contributed by atoms with E-state index in [0.29, 0.717) is 0 Å². The van der Waals surface area contributed by atoms with Crippen molar-refractivity contribution in [3.63, 3.8) is 0 Å². The Morgan fingerprint density at radius 3 is 2.72 bits per heavy atom. The SMILES string of the molecule is Cn1c2c(c3ccccc31)CSc1ccccc1-2. The number of fused-ring (bicyclic) bond motifs is 5. The quantitative estimate of drug-likeness (QED) is 0.571. The topological polar surface area (TPSA) is 4.93 Å². The average molecular weight is 251 g/mol. The lowest BCUT2D eigenvalue weighted by atomic mass is 10.1. The first-order valence-corrected chi connectivity index (χ1v) is 7.13. The van der Waals surface area contributed by atoms with Crippen LogP contribution in [0.3, 0.4) is 0 Å². The van der Waals surface area contributed by atoms with Gasteiger partial charge in [0.2, 0.25) is 0 Å². The van der Waals surface area contributed by atoms with E-state index < -0.39 is 0 Å². The molecule has 0 unspecified atom stereocenters. The molecule has 2 aromatic carbocycles. The maximum atomic E-state index is 2.34. The Bertz CT molecular complexity index is 755. The van der Waals surface area contributed by atoms with E-state index in [0.717, 1.165) is 5.75 Å². The second kappa shape index (κ2) is 3.66. The van der Waals surface area contributed by atoms with Gasteiger partial charge in [-0.2, -0.15) is 0 Å². The van der Waals surface area contributed by atoms with E-state index in [1.807, 2.05) is 11.8 Å². The Balaban J connectivity index is 2.16. The zero-order valence-electron chi connectivity index (χ0n) is 10.2. The van der Waals surface area contributed by atoms with Gasteiger partial charge in [-0.3, -0.25) is 0 Å². The van der Waals surface area contributed by atoms with Gasteiger partial charge in [0.05, 0.1) is 5.69 Å². The van der Waals surface area contributed by atoms with Crippen LogP contribution in [0.15, 0.2) is 53.4 Å². The fraction of sp³-hybridized carbons (Fsp3) is 0.125. The first-order chi connectivity index (χ1) is 8.86. The highest BCUT2D eigenvalue weighted by Gasteiger charge is 2.22. The van der Waals surface area contributed by atoms with Gasteiger partial charge < -0.3 is 4.57 Å². The predicted octanol–water partition coefficient (Wildman–Crippen LogP) is 4.45. The van der Waals surface area contributed by atoms with E-state index in [1.54, 1.807) is 0 Å². The zero-order valence-corrected chi connectivity index (χ0v) is 11.0. The molecule has 0 amide bonds. The zero-order chi connectivity index (χ0) is 12.1. The van der Waals surface area contributed by atoms with Crippen LogP contribution < -0.4 is 0 Å². The first kappa shape index (κ1) is 10.3. The van der Waals surface area contributed by atoms with Gasteiger partial charge in [0.25, 0.3) is 0 Å². The van der Waals surface area contributed by atoms with Crippen molar-refractivity contribution in [2.75, 3.05) is 0 Å². The van der Waals surface area contributed by atoms with Crippen LogP contribution in [0.25, 0.3) is 22.2 Å². The maximum absolute atomic E-state index is 2.34. The van der Waals surface area contributed by atoms with Crippen molar-refractivity contribution < 1.29 is 0 Å². The van der Waals surface area contributed by atoms with Gasteiger partial charge in [-0.15, -0.1) is 11.8 Å². The molecule has 1 aromatic heterocycles. The molecule has 1 aliphatic rings. The minimum atomic E-state index is 1.08. The van der Waals surface area contributed by atoms with E-state index >= 15 is 0 Å². The second-order valence-electron chi connectivity index (χ2n) is 4.69. The molecule has 4 rings (SSSR count). The van der Waals surface area contributed by atoms with Gasteiger partial charge in [0, 0.05) is 34.2 Å². The molecule has 1 nitrogen and oxygen atoms in total. The molecule has 0 atom stereocenters. The van der Waals surface area contributed by atoms with Gasteiger partial charge in [-0.05, 0) is 17.7 Å². The van der Waals surface area contributed by atoms with Crippen LogP contribution in [-0.4, -0.2) is 4.57 Å². The summed E-state index contributed by atoms with van der Waals surface area (Å²) >= 11 is 1.95. The molecule has 0 aliphatic carbocycles. The lowest BCUT2D eigenvalue weighted by Crippen LogP contribution is -1.98. The molecule has 18 heavy (non-hydrogen) atoms. The summed E-state index contributed by atoms with van der Waals surface area (Å²) in [6, 6.07) is 17.4. The van der Waals surface area contributed by atoms with Crippen molar-refractivity contribution in [3.8, 4) is 11.3 Å². The van der Waals surface area contributed by atoms with Crippen molar-refractivity contribution >= 4 is 22.7 Å². The third-order valence-electron chi connectivity index (χ3n) is 3.73. The molecule has 0 saturated carbocycles. The summed E-state index contributed by atoms with van der Waals surface area (Å²) in [5.41, 5.74) is 5.59. The number of rotatable bonds is 0. The molecule has 0 bridgehead atoms. The molecule has 0 saturated heterocycles. The van der Waals surface area contributed by atoms with Crippen molar-refractivity contribution in [1.82, 2.24) is 4.57 Å². The lowest BCUT2D eigenvalue weighted by Gasteiger charge is -2.17. The Morgan fingerprint density at radius 2 is 1.78 bits per heavy atom. The predicted molar refractivity (Wildman–Crippen MR) is 77.9 cm³/mol. The van der Waals surface area contributed by atoms with Crippen molar-refractivity contribution in [3.05, 3.63) is 54.1 Å². The summed E-state index contributed by atoms with van der Waals surface area (Å²) in [4.78, 5) is 1.40.